The third-order valence-corrected chi connectivity index (χ3v) is 3.49. The van der Waals surface area contributed by atoms with Gasteiger partial charge in [0, 0.05) is 11.3 Å². The lowest BCUT2D eigenvalue weighted by Crippen LogP contribution is -2.01. The highest BCUT2D eigenvalue weighted by Gasteiger charge is 2.14. The van der Waals surface area contributed by atoms with Crippen LogP contribution in [0, 0.1) is 19.7 Å². The summed E-state index contributed by atoms with van der Waals surface area (Å²) in [7, 11) is 0. The van der Waals surface area contributed by atoms with Gasteiger partial charge in [0.1, 0.15) is 11.6 Å². The Kier molecular flexibility index (Phi) is 4.13. The maximum absolute atomic E-state index is 13.3. The van der Waals surface area contributed by atoms with Crippen LogP contribution in [-0.2, 0) is 6.54 Å². The Morgan fingerprint density at radius 2 is 2.05 bits per heavy atom. The second kappa shape index (κ2) is 5.66. The molecule has 106 valence electrons. The number of aryl methyl sites for hydroxylation is 2. The minimum absolute atomic E-state index is 0.0567. The molecule has 4 nitrogen and oxygen atoms in total. The van der Waals surface area contributed by atoms with Gasteiger partial charge in [-0.2, -0.15) is 0 Å². The number of carboxylic acids is 1. The zero-order chi connectivity index (χ0) is 14.9. The molecule has 2 N–H and O–H groups in total. The molecular weight excluding hydrogens is 329 g/mol. The first-order valence-electron chi connectivity index (χ1n) is 5.90. The van der Waals surface area contributed by atoms with Crippen LogP contribution in [0.5, 0.6) is 0 Å². The summed E-state index contributed by atoms with van der Waals surface area (Å²) in [5.41, 5.74) is 2.09. The number of rotatable bonds is 4. The van der Waals surface area contributed by atoms with E-state index in [1.54, 1.807) is 26.0 Å². The Morgan fingerprint density at radius 1 is 1.35 bits per heavy atom. The molecule has 0 atom stereocenters. The van der Waals surface area contributed by atoms with E-state index in [0.717, 1.165) is 11.3 Å². The van der Waals surface area contributed by atoms with Gasteiger partial charge in [-0.15, -0.1) is 0 Å². The molecule has 1 aromatic carbocycles. The van der Waals surface area contributed by atoms with E-state index in [9.17, 15) is 9.18 Å². The van der Waals surface area contributed by atoms with Gasteiger partial charge >= 0.3 is 5.97 Å². The third-order valence-electron chi connectivity index (χ3n) is 2.88. The average molecular weight is 342 g/mol. The molecule has 0 radical (unpaired) electrons. The van der Waals surface area contributed by atoms with Crippen molar-refractivity contribution in [2.45, 2.75) is 20.4 Å². The second-order valence-electron chi connectivity index (χ2n) is 4.46. The molecule has 0 amide bonds. The van der Waals surface area contributed by atoms with Crippen molar-refractivity contribution in [3.05, 3.63) is 51.1 Å². The van der Waals surface area contributed by atoms with Gasteiger partial charge in [0.05, 0.1) is 11.0 Å². The van der Waals surface area contributed by atoms with Crippen molar-refractivity contribution in [2.24, 2.45) is 0 Å². The first kappa shape index (κ1) is 14.6. The maximum Gasteiger partial charge on any atom is 0.372 e. The number of carbonyl (C=O) groups is 1. The fraction of sp³-hybridized carbons (Fsp3) is 0.214. The number of hydrogen-bond donors (Lipinski definition) is 2. The van der Waals surface area contributed by atoms with Crippen LogP contribution in [0.25, 0.3) is 0 Å². The van der Waals surface area contributed by atoms with Crippen molar-refractivity contribution >= 4 is 27.6 Å². The summed E-state index contributed by atoms with van der Waals surface area (Å²) in [6.45, 7) is 3.79. The number of benzene rings is 1. The minimum Gasteiger partial charge on any atom is -0.475 e. The third kappa shape index (κ3) is 3.01. The van der Waals surface area contributed by atoms with Crippen LogP contribution in [0.15, 0.2) is 27.1 Å². The fourth-order valence-electron chi connectivity index (χ4n) is 1.87. The lowest BCUT2D eigenvalue weighted by molar-refractivity contribution is 0.0659. The molecule has 0 aliphatic heterocycles. The van der Waals surface area contributed by atoms with E-state index in [0.29, 0.717) is 22.3 Å². The molecule has 2 aromatic rings. The van der Waals surface area contributed by atoms with Crippen LogP contribution in [0.4, 0.5) is 10.1 Å². The molecule has 0 aliphatic rings. The van der Waals surface area contributed by atoms with Gasteiger partial charge in [-0.05, 0) is 53.5 Å². The number of nitrogens with one attached hydrogen (secondary N) is 1. The van der Waals surface area contributed by atoms with Crippen LogP contribution in [-0.4, -0.2) is 11.1 Å². The van der Waals surface area contributed by atoms with E-state index >= 15 is 0 Å². The topological polar surface area (TPSA) is 62.5 Å². The highest BCUT2D eigenvalue weighted by atomic mass is 79.9. The lowest BCUT2D eigenvalue weighted by Gasteiger charge is -2.09. The Labute approximate surface area is 123 Å². The molecular formula is C14H13BrFNO3. The normalized spacial score (nSPS) is 10.6. The predicted molar refractivity (Wildman–Crippen MR) is 76.6 cm³/mol. The van der Waals surface area contributed by atoms with E-state index < -0.39 is 5.97 Å². The zero-order valence-corrected chi connectivity index (χ0v) is 12.5. The predicted octanol–water partition coefficient (Wildman–Crippen LogP) is 4.11. The molecule has 0 saturated heterocycles. The van der Waals surface area contributed by atoms with Gasteiger partial charge in [-0.3, -0.25) is 0 Å². The van der Waals surface area contributed by atoms with E-state index in [2.05, 4.69) is 21.2 Å². The van der Waals surface area contributed by atoms with Crippen molar-refractivity contribution < 1.29 is 18.7 Å². The van der Waals surface area contributed by atoms with Gasteiger partial charge in [0.2, 0.25) is 5.76 Å². The summed E-state index contributed by atoms with van der Waals surface area (Å²) >= 11 is 3.13. The highest BCUT2D eigenvalue weighted by molar-refractivity contribution is 9.10. The van der Waals surface area contributed by atoms with Crippen molar-refractivity contribution in [1.29, 1.82) is 0 Å². The van der Waals surface area contributed by atoms with Crippen LogP contribution in [0.1, 0.15) is 27.4 Å². The summed E-state index contributed by atoms with van der Waals surface area (Å²) in [5, 5.41) is 12.0. The van der Waals surface area contributed by atoms with E-state index in [1.165, 1.54) is 6.07 Å². The molecule has 0 saturated carbocycles. The van der Waals surface area contributed by atoms with Crippen LogP contribution in [0.2, 0.25) is 0 Å². The lowest BCUT2D eigenvalue weighted by atomic mass is 10.2. The summed E-state index contributed by atoms with van der Waals surface area (Å²) < 4.78 is 18.9. The van der Waals surface area contributed by atoms with Crippen molar-refractivity contribution in [1.82, 2.24) is 0 Å². The van der Waals surface area contributed by atoms with E-state index in [-0.39, 0.29) is 11.6 Å². The molecule has 0 fully saturated rings. The molecule has 0 spiro atoms. The average Bonchev–Trinajstić information content (AvgIpc) is 2.74. The van der Waals surface area contributed by atoms with Crippen LogP contribution < -0.4 is 5.32 Å². The van der Waals surface area contributed by atoms with Crippen molar-refractivity contribution in [3.8, 4) is 0 Å². The molecule has 2 rings (SSSR count). The summed E-state index contributed by atoms with van der Waals surface area (Å²) in [4.78, 5) is 10.9. The van der Waals surface area contributed by atoms with Gasteiger partial charge in [0.25, 0.3) is 0 Å². The smallest absolute Gasteiger partial charge is 0.372 e. The fourth-order valence-corrected chi connectivity index (χ4v) is 2.21. The quantitative estimate of drug-likeness (QED) is 0.878. The number of hydrogen-bond acceptors (Lipinski definition) is 3. The van der Waals surface area contributed by atoms with Crippen molar-refractivity contribution in [3.63, 3.8) is 0 Å². The first-order valence-corrected chi connectivity index (χ1v) is 6.70. The van der Waals surface area contributed by atoms with E-state index in [4.69, 9.17) is 9.52 Å². The second-order valence-corrected chi connectivity index (χ2v) is 5.32. The van der Waals surface area contributed by atoms with E-state index in [1.807, 2.05) is 0 Å². The number of aromatic carboxylic acids is 1. The summed E-state index contributed by atoms with van der Waals surface area (Å²) in [6, 6.07) is 4.73. The standard InChI is InChI=1S/C14H13BrFNO3/c1-7-4-11(16)10(15)5-12(7)17-6-9-3-8(2)13(20-9)14(18)19/h3-5,17H,6H2,1-2H3,(H,18,19). The minimum atomic E-state index is -1.09. The molecule has 20 heavy (non-hydrogen) atoms. The Hall–Kier alpha value is -1.82. The van der Waals surface area contributed by atoms with Gasteiger partial charge in [0.15, 0.2) is 0 Å². The van der Waals surface area contributed by atoms with Gasteiger partial charge in [-0.25, -0.2) is 9.18 Å². The number of furan rings is 1. The van der Waals surface area contributed by atoms with Gasteiger partial charge in [-0.1, -0.05) is 0 Å². The number of anilines is 1. The number of carboxylic acid groups (broad SMARTS) is 1. The summed E-state index contributed by atoms with van der Waals surface area (Å²) in [5.74, 6) is -0.955. The Balaban J connectivity index is 2.15. The highest BCUT2D eigenvalue weighted by Crippen LogP contribution is 2.25. The maximum atomic E-state index is 13.3. The summed E-state index contributed by atoms with van der Waals surface area (Å²) in [6.07, 6.45) is 0. The van der Waals surface area contributed by atoms with Crippen LogP contribution >= 0.6 is 15.9 Å². The molecule has 6 heteroatoms. The molecule has 1 heterocycles. The van der Waals surface area contributed by atoms with Crippen molar-refractivity contribution in [2.75, 3.05) is 5.32 Å². The molecule has 1 aromatic heterocycles. The van der Waals surface area contributed by atoms with Gasteiger partial charge < -0.3 is 14.8 Å². The molecule has 0 bridgehead atoms. The molecule has 0 aliphatic carbocycles. The Bertz CT molecular complexity index is 667. The monoisotopic (exact) mass is 341 g/mol. The SMILES string of the molecule is Cc1cc(F)c(Br)cc1NCc1cc(C)c(C(=O)O)o1. The first-order chi connectivity index (χ1) is 9.38. The largest absolute Gasteiger partial charge is 0.475 e. The number of halogens is 2. The molecule has 0 unspecified atom stereocenters. The van der Waals surface area contributed by atoms with Crippen LogP contribution in [0.3, 0.4) is 0 Å². The zero-order valence-electron chi connectivity index (χ0n) is 11.0. The Morgan fingerprint density at radius 3 is 2.65 bits per heavy atom.